The first kappa shape index (κ1) is 12.3. The summed E-state index contributed by atoms with van der Waals surface area (Å²) >= 11 is 1.54. The van der Waals surface area contributed by atoms with Crippen LogP contribution >= 0.6 is 11.3 Å². The van der Waals surface area contributed by atoms with Gasteiger partial charge < -0.3 is 11.1 Å². The molecule has 3 N–H and O–H groups in total. The lowest BCUT2D eigenvalue weighted by Gasteiger charge is -2.14. The van der Waals surface area contributed by atoms with Gasteiger partial charge >= 0.3 is 0 Å². The van der Waals surface area contributed by atoms with Gasteiger partial charge in [0.05, 0.1) is 22.3 Å². The lowest BCUT2D eigenvalue weighted by atomic mass is 10.2. The molecule has 2 aromatic rings. The van der Waals surface area contributed by atoms with Crippen molar-refractivity contribution in [3.8, 4) is 0 Å². The number of hydrogen-bond acceptors (Lipinski definition) is 6. The van der Waals surface area contributed by atoms with E-state index in [0.717, 1.165) is 5.01 Å². The lowest BCUT2D eigenvalue weighted by molar-refractivity contribution is -0.384. The molecule has 1 aromatic carbocycles. The molecule has 2 rings (SSSR count). The Bertz CT molecular complexity index is 556. The number of nitrogens with zero attached hydrogens (tertiary/aromatic N) is 2. The normalized spacial score (nSPS) is 12.1. The molecular weight excluding hydrogens is 252 g/mol. The molecule has 0 bridgehead atoms. The number of nitrogens with one attached hydrogen (secondary N) is 1. The molecule has 1 aromatic heterocycles. The Morgan fingerprint density at radius 2 is 2.33 bits per heavy atom. The van der Waals surface area contributed by atoms with E-state index >= 15 is 0 Å². The van der Waals surface area contributed by atoms with E-state index in [0.29, 0.717) is 11.4 Å². The van der Waals surface area contributed by atoms with Crippen molar-refractivity contribution in [2.24, 2.45) is 0 Å². The van der Waals surface area contributed by atoms with Crippen LogP contribution in [0.1, 0.15) is 18.0 Å². The van der Waals surface area contributed by atoms with Gasteiger partial charge in [0.25, 0.3) is 5.69 Å². The molecular formula is C11H12N4O2S. The number of nitrogen functional groups attached to an aromatic ring is 1. The van der Waals surface area contributed by atoms with Crippen molar-refractivity contribution >= 4 is 28.4 Å². The molecule has 0 aliphatic heterocycles. The number of nitro benzene ring substituents is 1. The van der Waals surface area contributed by atoms with E-state index in [4.69, 9.17) is 5.73 Å². The predicted molar refractivity (Wildman–Crippen MR) is 71.7 cm³/mol. The van der Waals surface area contributed by atoms with Crippen molar-refractivity contribution in [2.45, 2.75) is 13.0 Å². The van der Waals surface area contributed by atoms with Crippen LogP contribution in [0.2, 0.25) is 0 Å². The minimum absolute atomic E-state index is 0.00811. The summed E-state index contributed by atoms with van der Waals surface area (Å²) in [6.07, 6.45) is 1.73. The fourth-order valence-corrected chi connectivity index (χ4v) is 2.18. The summed E-state index contributed by atoms with van der Waals surface area (Å²) in [6, 6.07) is 4.38. The van der Waals surface area contributed by atoms with Crippen LogP contribution in [0.5, 0.6) is 0 Å². The van der Waals surface area contributed by atoms with Crippen molar-refractivity contribution in [3.05, 3.63) is 44.9 Å². The average molecular weight is 264 g/mol. The zero-order valence-electron chi connectivity index (χ0n) is 9.66. The highest BCUT2D eigenvalue weighted by atomic mass is 32.1. The van der Waals surface area contributed by atoms with Crippen LogP contribution in [0.3, 0.4) is 0 Å². The Balaban J connectivity index is 2.17. The van der Waals surface area contributed by atoms with Gasteiger partial charge in [-0.15, -0.1) is 11.3 Å². The predicted octanol–water partition coefficient (Wildman–Crippen LogP) is 2.81. The molecule has 0 aliphatic carbocycles. The standard InChI is InChI=1S/C11H12N4O2S/c1-7(11-13-4-5-18-11)14-10-3-2-8(15(16)17)6-9(10)12/h2-7,14H,12H2,1H3. The van der Waals surface area contributed by atoms with Crippen LogP contribution in [0.4, 0.5) is 17.1 Å². The Hall–Kier alpha value is -2.15. The third-order valence-corrected chi connectivity index (χ3v) is 3.40. The van der Waals surface area contributed by atoms with Crippen LogP contribution < -0.4 is 11.1 Å². The van der Waals surface area contributed by atoms with Crippen LogP contribution in [-0.4, -0.2) is 9.91 Å². The lowest BCUT2D eigenvalue weighted by Crippen LogP contribution is -2.08. The number of hydrogen-bond donors (Lipinski definition) is 2. The van der Waals surface area contributed by atoms with Gasteiger partial charge in [-0.25, -0.2) is 4.98 Å². The maximum Gasteiger partial charge on any atom is 0.271 e. The Morgan fingerprint density at radius 1 is 1.56 bits per heavy atom. The largest absolute Gasteiger partial charge is 0.397 e. The number of non-ortho nitro benzene ring substituents is 1. The quantitative estimate of drug-likeness (QED) is 0.503. The molecule has 0 saturated carbocycles. The van der Waals surface area contributed by atoms with Gasteiger partial charge in [-0.2, -0.15) is 0 Å². The molecule has 0 fully saturated rings. The van der Waals surface area contributed by atoms with Gasteiger partial charge in [-0.3, -0.25) is 10.1 Å². The highest BCUT2D eigenvalue weighted by Crippen LogP contribution is 2.28. The van der Waals surface area contributed by atoms with E-state index in [9.17, 15) is 10.1 Å². The zero-order valence-corrected chi connectivity index (χ0v) is 10.5. The van der Waals surface area contributed by atoms with Gasteiger partial charge in [-0.1, -0.05) is 0 Å². The molecule has 0 aliphatic rings. The summed E-state index contributed by atoms with van der Waals surface area (Å²) in [7, 11) is 0. The number of benzene rings is 1. The van der Waals surface area contributed by atoms with E-state index in [1.54, 1.807) is 23.6 Å². The van der Waals surface area contributed by atoms with Crippen LogP contribution in [0.25, 0.3) is 0 Å². The second kappa shape index (κ2) is 5.01. The molecule has 1 unspecified atom stereocenters. The minimum atomic E-state index is -0.468. The van der Waals surface area contributed by atoms with Gasteiger partial charge in [0.2, 0.25) is 0 Å². The third-order valence-electron chi connectivity index (χ3n) is 2.44. The Kier molecular flexibility index (Phi) is 3.42. The first-order chi connectivity index (χ1) is 8.58. The van der Waals surface area contributed by atoms with Gasteiger partial charge in [0.1, 0.15) is 5.01 Å². The maximum absolute atomic E-state index is 10.6. The summed E-state index contributed by atoms with van der Waals surface area (Å²) in [6.45, 7) is 1.96. The number of rotatable bonds is 4. The van der Waals surface area contributed by atoms with E-state index in [2.05, 4.69) is 10.3 Å². The molecule has 1 heterocycles. The fraction of sp³-hybridized carbons (Fsp3) is 0.182. The molecule has 7 heteroatoms. The third kappa shape index (κ3) is 2.57. The van der Waals surface area contributed by atoms with Crippen LogP contribution in [0.15, 0.2) is 29.8 Å². The second-order valence-electron chi connectivity index (χ2n) is 3.77. The van der Waals surface area contributed by atoms with Gasteiger partial charge in [0.15, 0.2) is 0 Å². The molecule has 94 valence electrons. The van der Waals surface area contributed by atoms with Crippen molar-refractivity contribution in [1.29, 1.82) is 0 Å². The summed E-state index contributed by atoms with van der Waals surface area (Å²) in [5.74, 6) is 0. The Labute approximate surface area is 108 Å². The SMILES string of the molecule is CC(Nc1ccc([N+](=O)[O-])cc1N)c1nccs1. The molecule has 0 amide bonds. The molecule has 6 nitrogen and oxygen atoms in total. The van der Waals surface area contributed by atoms with Gasteiger partial charge in [0, 0.05) is 23.7 Å². The average Bonchev–Trinajstić information content (AvgIpc) is 2.85. The first-order valence-corrected chi connectivity index (χ1v) is 6.15. The minimum Gasteiger partial charge on any atom is -0.397 e. The second-order valence-corrected chi connectivity index (χ2v) is 4.69. The summed E-state index contributed by atoms with van der Waals surface area (Å²) in [5, 5.41) is 16.6. The highest BCUT2D eigenvalue weighted by Gasteiger charge is 2.12. The zero-order chi connectivity index (χ0) is 13.1. The van der Waals surface area contributed by atoms with E-state index < -0.39 is 4.92 Å². The summed E-state index contributed by atoms with van der Waals surface area (Å²) < 4.78 is 0. The topological polar surface area (TPSA) is 94.1 Å². The van der Waals surface area contributed by atoms with Crippen LogP contribution in [0, 0.1) is 10.1 Å². The number of nitro groups is 1. The van der Waals surface area contributed by atoms with Crippen molar-refractivity contribution in [2.75, 3.05) is 11.1 Å². The molecule has 1 atom stereocenters. The van der Waals surface area contributed by atoms with Crippen LogP contribution in [-0.2, 0) is 0 Å². The summed E-state index contributed by atoms with van der Waals surface area (Å²) in [4.78, 5) is 14.3. The number of aromatic nitrogens is 1. The fourth-order valence-electron chi connectivity index (χ4n) is 1.54. The van der Waals surface area contributed by atoms with Gasteiger partial charge in [-0.05, 0) is 13.0 Å². The monoisotopic (exact) mass is 264 g/mol. The smallest absolute Gasteiger partial charge is 0.271 e. The number of nitrogens with two attached hydrogens (primary N) is 1. The van der Waals surface area contributed by atoms with E-state index in [1.807, 2.05) is 12.3 Å². The van der Waals surface area contributed by atoms with Crippen molar-refractivity contribution in [3.63, 3.8) is 0 Å². The Morgan fingerprint density at radius 3 is 2.89 bits per heavy atom. The molecule has 0 radical (unpaired) electrons. The first-order valence-electron chi connectivity index (χ1n) is 5.28. The maximum atomic E-state index is 10.6. The van der Waals surface area contributed by atoms with Crippen molar-refractivity contribution in [1.82, 2.24) is 4.98 Å². The molecule has 18 heavy (non-hydrogen) atoms. The molecule has 0 saturated heterocycles. The summed E-state index contributed by atoms with van der Waals surface area (Å²) in [5.41, 5.74) is 6.79. The van der Waals surface area contributed by atoms with E-state index in [1.165, 1.54) is 12.1 Å². The number of anilines is 2. The highest BCUT2D eigenvalue weighted by molar-refractivity contribution is 7.09. The van der Waals surface area contributed by atoms with E-state index in [-0.39, 0.29) is 11.7 Å². The number of thiazole rings is 1. The van der Waals surface area contributed by atoms with Crippen molar-refractivity contribution < 1.29 is 4.92 Å². The molecule has 0 spiro atoms.